The number of amides is 1. The Morgan fingerprint density at radius 2 is 1.90 bits per heavy atom. The molecule has 31 heavy (non-hydrogen) atoms. The maximum absolute atomic E-state index is 14.3. The summed E-state index contributed by atoms with van der Waals surface area (Å²) in [6, 6.07) is 11.8. The van der Waals surface area contributed by atoms with Crippen LogP contribution in [-0.4, -0.2) is 48.7 Å². The SMILES string of the molecule is Cc1cccc(-c2noc(CN(C)C(=O)C(C)N(c3ccccc3F)S(C)(=O)=O)n2)c1. The second-order valence-electron chi connectivity index (χ2n) is 7.26. The van der Waals surface area contributed by atoms with E-state index in [4.69, 9.17) is 4.52 Å². The molecule has 164 valence electrons. The molecule has 8 nitrogen and oxygen atoms in total. The van der Waals surface area contributed by atoms with Crippen LogP contribution < -0.4 is 4.31 Å². The van der Waals surface area contributed by atoms with E-state index in [0.29, 0.717) is 5.82 Å². The van der Waals surface area contributed by atoms with E-state index in [0.717, 1.165) is 27.8 Å². The third-order valence-corrected chi connectivity index (χ3v) is 5.88. The number of aryl methyl sites for hydroxylation is 1. The number of halogens is 1. The number of rotatable bonds is 7. The number of anilines is 1. The average molecular weight is 447 g/mol. The summed E-state index contributed by atoms with van der Waals surface area (Å²) in [5.74, 6) is -0.716. The van der Waals surface area contributed by atoms with E-state index in [2.05, 4.69) is 10.1 Å². The second kappa shape index (κ2) is 8.84. The van der Waals surface area contributed by atoms with Gasteiger partial charge in [0, 0.05) is 12.6 Å². The molecule has 0 spiro atoms. The van der Waals surface area contributed by atoms with Crippen LogP contribution in [0.4, 0.5) is 10.1 Å². The van der Waals surface area contributed by atoms with Crippen LogP contribution in [0.3, 0.4) is 0 Å². The van der Waals surface area contributed by atoms with Gasteiger partial charge in [-0.25, -0.2) is 12.8 Å². The molecule has 3 rings (SSSR count). The molecular formula is C21H23FN4O4S. The van der Waals surface area contributed by atoms with Crippen molar-refractivity contribution in [3.05, 3.63) is 65.8 Å². The van der Waals surface area contributed by atoms with Crippen LogP contribution in [0.1, 0.15) is 18.4 Å². The molecule has 0 bridgehead atoms. The lowest BCUT2D eigenvalue weighted by Gasteiger charge is -2.30. The topological polar surface area (TPSA) is 96.6 Å². The summed E-state index contributed by atoms with van der Waals surface area (Å²) < 4.78 is 45.0. The highest BCUT2D eigenvalue weighted by Gasteiger charge is 2.33. The van der Waals surface area contributed by atoms with Gasteiger partial charge in [-0.15, -0.1) is 0 Å². The van der Waals surface area contributed by atoms with Crippen LogP contribution in [0.2, 0.25) is 0 Å². The summed E-state index contributed by atoms with van der Waals surface area (Å²) in [5.41, 5.74) is 1.62. The smallest absolute Gasteiger partial charge is 0.246 e. The lowest BCUT2D eigenvalue weighted by Crippen LogP contribution is -2.48. The van der Waals surface area contributed by atoms with E-state index < -0.39 is 27.8 Å². The fourth-order valence-corrected chi connectivity index (χ4v) is 4.40. The number of benzene rings is 2. The number of para-hydroxylation sites is 1. The molecule has 1 aromatic heterocycles. The molecule has 0 aliphatic heterocycles. The van der Waals surface area contributed by atoms with E-state index in [1.165, 1.54) is 37.1 Å². The predicted molar refractivity (Wildman–Crippen MR) is 114 cm³/mol. The Hall–Kier alpha value is -3.27. The molecule has 0 saturated heterocycles. The average Bonchev–Trinajstić information content (AvgIpc) is 3.16. The van der Waals surface area contributed by atoms with E-state index in [-0.39, 0.29) is 18.1 Å². The zero-order valence-electron chi connectivity index (χ0n) is 17.6. The molecule has 0 radical (unpaired) electrons. The van der Waals surface area contributed by atoms with Crippen LogP contribution in [0, 0.1) is 12.7 Å². The molecule has 1 unspecified atom stereocenters. The monoisotopic (exact) mass is 446 g/mol. The highest BCUT2D eigenvalue weighted by Crippen LogP contribution is 2.25. The molecule has 1 heterocycles. The molecule has 2 aromatic carbocycles. The number of carbonyl (C=O) groups is 1. The number of hydrogen-bond acceptors (Lipinski definition) is 6. The van der Waals surface area contributed by atoms with Gasteiger partial charge in [0.25, 0.3) is 0 Å². The van der Waals surface area contributed by atoms with Crippen molar-refractivity contribution in [3.8, 4) is 11.4 Å². The minimum absolute atomic E-state index is 0.0309. The van der Waals surface area contributed by atoms with Crippen molar-refractivity contribution in [1.29, 1.82) is 0 Å². The van der Waals surface area contributed by atoms with Crippen LogP contribution >= 0.6 is 0 Å². The molecular weight excluding hydrogens is 423 g/mol. The summed E-state index contributed by atoms with van der Waals surface area (Å²) >= 11 is 0. The normalized spacial score (nSPS) is 12.4. The first-order valence-electron chi connectivity index (χ1n) is 9.46. The van der Waals surface area contributed by atoms with Gasteiger partial charge in [0.1, 0.15) is 11.9 Å². The van der Waals surface area contributed by atoms with Crippen LogP contribution in [0.15, 0.2) is 53.1 Å². The van der Waals surface area contributed by atoms with E-state index in [1.807, 2.05) is 31.2 Å². The number of sulfonamides is 1. The largest absolute Gasteiger partial charge is 0.337 e. The van der Waals surface area contributed by atoms with Gasteiger partial charge in [-0.3, -0.25) is 9.10 Å². The van der Waals surface area contributed by atoms with E-state index in [1.54, 1.807) is 0 Å². The first-order chi connectivity index (χ1) is 14.6. The Kier molecular flexibility index (Phi) is 6.40. The number of aromatic nitrogens is 2. The summed E-state index contributed by atoms with van der Waals surface area (Å²) in [7, 11) is -2.45. The molecule has 0 fully saturated rings. The third kappa shape index (κ3) is 5.08. The number of carbonyl (C=O) groups excluding carboxylic acids is 1. The summed E-state index contributed by atoms with van der Waals surface area (Å²) in [4.78, 5) is 18.5. The first kappa shape index (κ1) is 22.4. The van der Waals surface area contributed by atoms with Gasteiger partial charge in [-0.1, -0.05) is 41.1 Å². The van der Waals surface area contributed by atoms with Gasteiger partial charge in [0.2, 0.25) is 27.6 Å². The number of likely N-dealkylation sites (N-methyl/N-ethyl adjacent to an activating group) is 1. The summed E-state index contributed by atoms with van der Waals surface area (Å²) in [5, 5.41) is 3.94. The molecule has 0 aliphatic rings. The number of hydrogen-bond donors (Lipinski definition) is 0. The molecule has 1 atom stereocenters. The highest BCUT2D eigenvalue weighted by atomic mass is 32.2. The Labute approximate surface area is 180 Å². The lowest BCUT2D eigenvalue weighted by molar-refractivity contribution is -0.131. The molecule has 1 amide bonds. The Morgan fingerprint density at radius 1 is 1.19 bits per heavy atom. The zero-order chi connectivity index (χ0) is 22.8. The molecule has 3 aromatic rings. The first-order valence-corrected chi connectivity index (χ1v) is 11.3. The van der Waals surface area contributed by atoms with Crippen LogP contribution in [0.25, 0.3) is 11.4 Å². The zero-order valence-corrected chi connectivity index (χ0v) is 18.4. The van der Waals surface area contributed by atoms with Crippen LogP contribution in [-0.2, 0) is 21.4 Å². The van der Waals surface area contributed by atoms with Gasteiger partial charge in [0.15, 0.2) is 0 Å². The van der Waals surface area contributed by atoms with Gasteiger partial charge < -0.3 is 9.42 Å². The maximum Gasteiger partial charge on any atom is 0.246 e. The van der Waals surface area contributed by atoms with Crippen molar-refractivity contribution < 1.29 is 22.1 Å². The van der Waals surface area contributed by atoms with Crippen molar-refractivity contribution in [2.24, 2.45) is 0 Å². The van der Waals surface area contributed by atoms with E-state index in [9.17, 15) is 17.6 Å². The molecule has 0 N–H and O–H groups in total. The van der Waals surface area contributed by atoms with Crippen molar-refractivity contribution in [2.45, 2.75) is 26.4 Å². The van der Waals surface area contributed by atoms with Gasteiger partial charge >= 0.3 is 0 Å². The summed E-state index contributed by atoms with van der Waals surface area (Å²) in [6.45, 7) is 3.32. The Bertz CT molecular complexity index is 1200. The van der Waals surface area contributed by atoms with Crippen molar-refractivity contribution in [1.82, 2.24) is 15.0 Å². The summed E-state index contributed by atoms with van der Waals surface area (Å²) in [6.07, 6.45) is 0.926. The highest BCUT2D eigenvalue weighted by molar-refractivity contribution is 7.92. The maximum atomic E-state index is 14.3. The van der Waals surface area contributed by atoms with Gasteiger partial charge in [0.05, 0.1) is 18.5 Å². The number of nitrogens with zero attached hydrogens (tertiary/aromatic N) is 4. The van der Waals surface area contributed by atoms with Gasteiger partial charge in [-0.05, 0) is 32.0 Å². The Morgan fingerprint density at radius 3 is 2.55 bits per heavy atom. The predicted octanol–water partition coefficient (Wildman–Crippen LogP) is 3.00. The quantitative estimate of drug-likeness (QED) is 0.554. The van der Waals surface area contributed by atoms with Crippen LogP contribution in [0.5, 0.6) is 0 Å². The fourth-order valence-electron chi connectivity index (χ4n) is 3.23. The fraction of sp³-hybridized carbons (Fsp3) is 0.286. The standard InChI is InChI=1S/C21H23FN4O4S/c1-14-8-7-9-16(12-14)20-23-19(30-24-20)13-25(3)21(27)15(2)26(31(4,28)29)18-11-6-5-10-17(18)22/h5-12,15H,13H2,1-4H3. The minimum atomic E-state index is -3.93. The molecule has 10 heteroatoms. The van der Waals surface area contributed by atoms with E-state index >= 15 is 0 Å². The van der Waals surface area contributed by atoms with Crippen molar-refractivity contribution in [2.75, 3.05) is 17.6 Å². The van der Waals surface area contributed by atoms with Gasteiger partial charge in [-0.2, -0.15) is 4.98 Å². The molecule has 0 saturated carbocycles. The second-order valence-corrected chi connectivity index (χ2v) is 9.12. The molecule has 0 aliphatic carbocycles. The van der Waals surface area contributed by atoms with Crippen molar-refractivity contribution in [3.63, 3.8) is 0 Å². The Balaban J connectivity index is 1.79. The van der Waals surface area contributed by atoms with Crippen molar-refractivity contribution >= 4 is 21.6 Å². The minimum Gasteiger partial charge on any atom is -0.337 e. The third-order valence-electron chi connectivity index (χ3n) is 4.65. The lowest BCUT2D eigenvalue weighted by atomic mass is 10.1.